The standard InChI is InChI=1S/C19H21ClO2/c1-12(2)14-6-5-7-15(10-14)17-9-8-16(11-18(17)20)19(4,22)13(3)21/h5-12,22H,1-4H3. The summed E-state index contributed by atoms with van der Waals surface area (Å²) < 4.78 is 0. The number of carbonyl (C=O) groups is 1. The second kappa shape index (κ2) is 6.23. The average Bonchev–Trinajstić information content (AvgIpc) is 2.47. The molecule has 0 aliphatic carbocycles. The maximum Gasteiger partial charge on any atom is 0.165 e. The number of carbonyl (C=O) groups excluding carboxylic acids is 1. The Bertz CT molecular complexity index is 702. The SMILES string of the molecule is CC(=O)C(C)(O)c1ccc(-c2cccc(C(C)C)c2)c(Cl)c1. The molecule has 0 heterocycles. The Morgan fingerprint density at radius 1 is 1.18 bits per heavy atom. The lowest BCUT2D eigenvalue weighted by atomic mass is 9.90. The molecule has 0 spiro atoms. The first kappa shape index (κ1) is 16.7. The van der Waals surface area contributed by atoms with Crippen LogP contribution in [0.25, 0.3) is 11.1 Å². The van der Waals surface area contributed by atoms with Gasteiger partial charge in [-0.15, -0.1) is 0 Å². The van der Waals surface area contributed by atoms with E-state index >= 15 is 0 Å². The lowest BCUT2D eigenvalue weighted by Gasteiger charge is -2.21. The predicted molar refractivity (Wildman–Crippen MR) is 91.2 cm³/mol. The summed E-state index contributed by atoms with van der Waals surface area (Å²) in [5.41, 5.74) is 2.17. The molecule has 116 valence electrons. The highest BCUT2D eigenvalue weighted by atomic mass is 35.5. The van der Waals surface area contributed by atoms with Crippen LogP contribution in [-0.2, 0) is 10.4 Å². The van der Waals surface area contributed by atoms with Crippen LogP contribution in [-0.4, -0.2) is 10.9 Å². The van der Waals surface area contributed by atoms with Crippen molar-refractivity contribution in [2.24, 2.45) is 0 Å². The summed E-state index contributed by atoms with van der Waals surface area (Å²) in [5, 5.41) is 10.8. The molecule has 0 aliphatic rings. The summed E-state index contributed by atoms with van der Waals surface area (Å²) in [6, 6.07) is 13.5. The van der Waals surface area contributed by atoms with Gasteiger partial charge in [0.2, 0.25) is 0 Å². The van der Waals surface area contributed by atoms with Crippen molar-refractivity contribution in [1.82, 2.24) is 0 Å². The van der Waals surface area contributed by atoms with E-state index in [-0.39, 0.29) is 5.78 Å². The summed E-state index contributed by atoms with van der Waals surface area (Å²) in [4.78, 5) is 11.6. The molecular weight excluding hydrogens is 296 g/mol. The quantitative estimate of drug-likeness (QED) is 0.868. The molecule has 0 fully saturated rings. The number of aliphatic hydroxyl groups is 1. The van der Waals surface area contributed by atoms with E-state index in [2.05, 4.69) is 26.0 Å². The minimum atomic E-state index is -1.51. The minimum Gasteiger partial charge on any atom is -0.378 e. The van der Waals surface area contributed by atoms with Crippen LogP contribution in [0.3, 0.4) is 0 Å². The van der Waals surface area contributed by atoms with Crippen LogP contribution in [0, 0.1) is 0 Å². The number of Topliss-reactive ketones (excluding diaryl/α,β-unsaturated/α-hetero) is 1. The maximum atomic E-state index is 11.6. The molecule has 2 aromatic carbocycles. The van der Waals surface area contributed by atoms with E-state index in [1.807, 2.05) is 18.2 Å². The summed E-state index contributed by atoms with van der Waals surface area (Å²) in [5.74, 6) is 0.134. The van der Waals surface area contributed by atoms with Gasteiger partial charge in [0.25, 0.3) is 0 Å². The van der Waals surface area contributed by atoms with E-state index in [0.29, 0.717) is 16.5 Å². The van der Waals surface area contributed by atoms with Gasteiger partial charge in [-0.3, -0.25) is 4.79 Å². The Hall–Kier alpha value is -1.64. The largest absolute Gasteiger partial charge is 0.378 e. The zero-order valence-electron chi connectivity index (χ0n) is 13.4. The van der Waals surface area contributed by atoms with Gasteiger partial charge >= 0.3 is 0 Å². The van der Waals surface area contributed by atoms with Gasteiger partial charge < -0.3 is 5.11 Å². The van der Waals surface area contributed by atoms with Gasteiger partial charge in [-0.05, 0) is 42.5 Å². The molecular formula is C19H21ClO2. The normalized spacial score (nSPS) is 14.0. The fraction of sp³-hybridized carbons (Fsp3) is 0.316. The Morgan fingerprint density at radius 3 is 2.41 bits per heavy atom. The van der Waals surface area contributed by atoms with E-state index in [0.717, 1.165) is 11.1 Å². The first-order valence-electron chi connectivity index (χ1n) is 7.37. The van der Waals surface area contributed by atoms with Gasteiger partial charge in [-0.1, -0.05) is 61.8 Å². The highest BCUT2D eigenvalue weighted by molar-refractivity contribution is 6.33. The minimum absolute atomic E-state index is 0.307. The van der Waals surface area contributed by atoms with Gasteiger partial charge in [-0.25, -0.2) is 0 Å². The molecule has 0 amide bonds. The summed E-state index contributed by atoms with van der Waals surface area (Å²) >= 11 is 6.38. The molecule has 1 atom stereocenters. The molecule has 2 aromatic rings. The Balaban J connectivity index is 2.47. The van der Waals surface area contributed by atoms with Gasteiger partial charge in [-0.2, -0.15) is 0 Å². The van der Waals surface area contributed by atoms with Gasteiger partial charge in [0.15, 0.2) is 5.78 Å². The second-order valence-corrected chi connectivity index (χ2v) is 6.51. The van der Waals surface area contributed by atoms with E-state index in [4.69, 9.17) is 11.6 Å². The van der Waals surface area contributed by atoms with Crippen molar-refractivity contribution in [2.45, 2.75) is 39.2 Å². The third-order valence-corrected chi connectivity index (χ3v) is 4.39. The molecule has 1 N–H and O–H groups in total. The number of halogens is 1. The van der Waals surface area contributed by atoms with Crippen molar-refractivity contribution < 1.29 is 9.90 Å². The molecule has 0 aliphatic heterocycles. The zero-order chi connectivity index (χ0) is 16.5. The molecule has 0 aromatic heterocycles. The first-order chi connectivity index (χ1) is 10.2. The van der Waals surface area contributed by atoms with Crippen molar-refractivity contribution in [3.63, 3.8) is 0 Å². The average molecular weight is 317 g/mol. The number of hydrogen-bond acceptors (Lipinski definition) is 2. The summed E-state index contributed by atoms with van der Waals surface area (Å²) in [6.07, 6.45) is 0. The molecule has 2 rings (SSSR count). The van der Waals surface area contributed by atoms with Crippen LogP contribution in [0.4, 0.5) is 0 Å². The van der Waals surface area contributed by atoms with E-state index in [9.17, 15) is 9.90 Å². The molecule has 2 nitrogen and oxygen atoms in total. The Kier molecular flexibility index (Phi) is 4.74. The van der Waals surface area contributed by atoms with Crippen molar-refractivity contribution in [3.05, 3.63) is 58.6 Å². The van der Waals surface area contributed by atoms with Crippen molar-refractivity contribution >= 4 is 17.4 Å². The molecule has 3 heteroatoms. The van der Waals surface area contributed by atoms with E-state index in [1.54, 1.807) is 12.1 Å². The third kappa shape index (κ3) is 3.23. The van der Waals surface area contributed by atoms with Gasteiger partial charge in [0.1, 0.15) is 5.60 Å². The van der Waals surface area contributed by atoms with Gasteiger partial charge in [0.05, 0.1) is 0 Å². The molecule has 0 bridgehead atoms. The summed E-state index contributed by atoms with van der Waals surface area (Å²) in [6.45, 7) is 7.15. The predicted octanol–water partition coefficient (Wildman–Crippen LogP) is 4.93. The number of rotatable bonds is 4. The maximum absolute atomic E-state index is 11.6. The van der Waals surface area contributed by atoms with Crippen molar-refractivity contribution in [3.8, 4) is 11.1 Å². The van der Waals surface area contributed by atoms with E-state index < -0.39 is 5.60 Å². The van der Waals surface area contributed by atoms with Crippen molar-refractivity contribution in [1.29, 1.82) is 0 Å². The van der Waals surface area contributed by atoms with Crippen LogP contribution >= 0.6 is 11.6 Å². The lowest BCUT2D eigenvalue weighted by molar-refractivity contribution is -0.134. The number of hydrogen-bond donors (Lipinski definition) is 1. The monoisotopic (exact) mass is 316 g/mol. The summed E-state index contributed by atoms with van der Waals surface area (Å²) in [7, 11) is 0. The van der Waals surface area contributed by atoms with Gasteiger partial charge in [0, 0.05) is 10.6 Å². The smallest absolute Gasteiger partial charge is 0.165 e. The first-order valence-corrected chi connectivity index (χ1v) is 7.75. The van der Waals surface area contributed by atoms with Crippen LogP contribution < -0.4 is 0 Å². The molecule has 1 unspecified atom stereocenters. The van der Waals surface area contributed by atoms with Crippen molar-refractivity contribution in [2.75, 3.05) is 0 Å². The van der Waals surface area contributed by atoms with Crippen LogP contribution in [0.15, 0.2) is 42.5 Å². The fourth-order valence-corrected chi connectivity index (χ4v) is 2.61. The van der Waals surface area contributed by atoms with Crippen LogP contribution in [0.2, 0.25) is 5.02 Å². The second-order valence-electron chi connectivity index (χ2n) is 6.10. The fourth-order valence-electron chi connectivity index (χ4n) is 2.32. The molecule has 22 heavy (non-hydrogen) atoms. The Labute approximate surface area is 136 Å². The molecule has 0 radical (unpaired) electrons. The number of benzene rings is 2. The number of ketones is 1. The molecule has 0 saturated carbocycles. The lowest BCUT2D eigenvalue weighted by Crippen LogP contribution is -2.29. The highest BCUT2D eigenvalue weighted by Gasteiger charge is 2.29. The van der Waals surface area contributed by atoms with Crippen LogP contribution in [0.1, 0.15) is 44.7 Å². The third-order valence-electron chi connectivity index (χ3n) is 4.08. The topological polar surface area (TPSA) is 37.3 Å². The highest BCUT2D eigenvalue weighted by Crippen LogP contribution is 2.33. The zero-order valence-corrected chi connectivity index (χ0v) is 14.1. The van der Waals surface area contributed by atoms with E-state index in [1.165, 1.54) is 19.4 Å². The van der Waals surface area contributed by atoms with Crippen LogP contribution in [0.5, 0.6) is 0 Å². The molecule has 0 saturated heterocycles. The Morgan fingerprint density at radius 2 is 1.86 bits per heavy atom.